The average molecular weight is 530 g/mol. The van der Waals surface area contributed by atoms with Crippen molar-refractivity contribution < 1.29 is 19.1 Å². The molecule has 1 fully saturated rings. The second-order valence-corrected chi connectivity index (χ2v) is 10.8. The zero-order chi connectivity index (χ0) is 27.6. The first-order valence-corrected chi connectivity index (χ1v) is 13.3. The van der Waals surface area contributed by atoms with Crippen LogP contribution in [0.5, 0.6) is 0 Å². The van der Waals surface area contributed by atoms with Crippen molar-refractivity contribution in [2.24, 2.45) is 0 Å². The van der Waals surface area contributed by atoms with Crippen LogP contribution in [0.1, 0.15) is 45.6 Å². The van der Waals surface area contributed by atoms with Crippen LogP contribution >= 0.6 is 0 Å². The molecular weight excluding hydrogens is 494 g/mol. The standard InChI is InChI=1S/C30H35N5O4/c1-29(2,3)39-28(37)35-30(15-8-16-30)21-13-11-20(12-14-21)24-22(19-9-6-5-7-10-19)23-25(31-4)33-27(32-17-18-36)34-26(23)38-24/h5-7,9-14,36H,8,15-18H2,1-4H3,(H,35,37)(H2,31,32,33,34). The maximum atomic E-state index is 12.6. The van der Waals surface area contributed by atoms with Crippen LogP contribution in [0.15, 0.2) is 59.0 Å². The molecule has 2 heterocycles. The van der Waals surface area contributed by atoms with Crippen LogP contribution in [0, 0.1) is 0 Å². The molecule has 39 heavy (non-hydrogen) atoms. The van der Waals surface area contributed by atoms with Crippen molar-refractivity contribution in [3.63, 3.8) is 0 Å². The van der Waals surface area contributed by atoms with Crippen LogP contribution in [0.3, 0.4) is 0 Å². The van der Waals surface area contributed by atoms with E-state index in [1.165, 1.54) is 0 Å². The van der Waals surface area contributed by atoms with Crippen molar-refractivity contribution in [1.29, 1.82) is 0 Å². The highest BCUT2D eigenvalue weighted by Gasteiger charge is 2.41. The lowest BCUT2D eigenvalue weighted by atomic mass is 9.71. The monoisotopic (exact) mass is 529 g/mol. The van der Waals surface area contributed by atoms with E-state index in [2.05, 4.69) is 25.9 Å². The average Bonchev–Trinajstić information content (AvgIpc) is 3.28. The van der Waals surface area contributed by atoms with Crippen molar-refractivity contribution >= 4 is 29.0 Å². The molecule has 4 aromatic rings. The number of nitrogens with one attached hydrogen (secondary N) is 3. The van der Waals surface area contributed by atoms with Gasteiger partial charge in [-0.2, -0.15) is 9.97 Å². The smallest absolute Gasteiger partial charge is 0.408 e. The number of aromatic nitrogens is 2. The van der Waals surface area contributed by atoms with E-state index in [4.69, 9.17) is 9.15 Å². The van der Waals surface area contributed by atoms with Gasteiger partial charge >= 0.3 is 6.09 Å². The predicted octanol–water partition coefficient (Wildman–Crippen LogP) is 5.91. The number of rotatable bonds is 8. The highest BCUT2D eigenvalue weighted by molar-refractivity contribution is 6.06. The molecule has 2 aromatic carbocycles. The fourth-order valence-corrected chi connectivity index (χ4v) is 4.97. The van der Waals surface area contributed by atoms with E-state index in [0.717, 1.165) is 46.9 Å². The number of hydrogen-bond acceptors (Lipinski definition) is 8. The Bertz CT molecular complexity index is 1450. The second-order valence-electron chi connectivity index (χ2n) is 10.8. The minimum Gasteiger partial charge on any atom is -0.444 e. The van der Waals surface area contributed by atoms with Crippen molar-refractivity contribution in [3.8, 4) is 22.5 Å². The molecule has 1 aliphatic rings. The van der Waals surface area contributed by atoms with Crippen LogP contribution in [-0.2, 0) is 10.3 Å². The number of anilines is 2. The molecule has 0 unspecified atom stereocenters. The summed E-state index contributed by atoms with van der Waals surface area (Å²) < 4.78 is 11.9. The molecule has 0 aliphatic heterocycles. The number of aliphatic hydroxyl groups excluding tert-OH is 1. The Hall–Kier alpha value is -4.11. The van der Waals surface area contributed by atoms with Gasteiger partial charge in [-0.3, -0.25) is 0 Å². The summed E-state index contributed by atoms with van der Waals surface area (Å²) in [6.07, 6.45) is 2.35. The zero-order valence-electron chi connectivity index (χ0n) is 22.8. The molecule has 0 saturated heterocycles. The Morgan fingerprint density at radius 2 is 1.77 bits per heavy atom. The zero-order valence-corrected chi connectivity index (χ0v) is 22.8. The molecule has 4 N–H and O–H groups in total. The third-order valence-corrected chi connectivity index (χ3v) is 6.89. The first-order valence-electron chi connectivity index (χ1n) is 13.3. The van der Waals surface area contributed by atoms with E-state index < -0.39 is 17.2 Å². The normalized spacial score (nSPS) is 14.5. The van der Waals surface area contributed by atoms with Crippen molar-refractivity contribution in [3.05, 3.63) is 60.2 Å². The molecule has 0 bridgehead atoms. The van der Waals surface area contributed by atoms with E-state index in [1.54, 1.807) is 0 Å². The van der Waals surface area contributed by atoms with Gasteiger partial charge in [0.2, 0.25) is 11.7 Å². The molecular formula is C30H35N5O4. The summed E-state index contributed by atoms with van der Waals surface area (Å²) in [5.74, 6) is 1.67. The summed E-state index contributed by atoms with van der Waals surface area (Å²) in [5, 5.41) is 19.3. The van der Waals surface area contributed by atoms with Crippen LogP contribution in [0.2, 0.25) is 0 Å². The molecule has 1 aliphatic carbocycles. The summed E-state index contributed by atoms with van der Waals surface area (Å²) in [7, 11) is 1.81. The topological polar surface area (TPSA) is 122 Å². The first kappa shape index (κ1) is 26.5. The number of carbonyl (C=O) groups excluding carboxylic acids is 1. The van der Waals surface area contributed by atoms with Crippen LogP contribution in [-0.4, -0.2) is 47.0 Å². The fourth-order valence-electron chi connectivity index (χ4n) is 4.97. The van der Waals surface area contributed by atoms with Gasteiger partial charge in [0.25, 0.3) is 0 Å². The van der Waals surface area contributed by atoms with Gasteiger partial charge in [0.1, 0.15) is 17.2 Å². The predicted molar refractivity (Wildman–Crippen MR) is 153 cm³/mol. The van der Waals surface area contributed by atoms with Gasteiger partial charge in [-0.15, -0.1) is 0 Å². The summed E-state index contributed by atoms with van der Waals surface area (Å²) in [6.45, 7) is 5.88. The Balaban J connectivity index is 1.56. The van der Waals surface area contributed by atoms with E-state index in [0.29, 0.717) is 29.8 Å². The number of hydrogen-bond donors (Lipinski definition) is 4. The third kappa shape index (κ3) is 5.40. The number of furan rings is 1. The summed E-state index contributed by atoms with van der Waals surface area (Å²) in [5.41, 5.74) is 3.23. The van der Waals surface area contributed by atoms with Gasteiger partial charge < -0.3 is 30.2 Å². The lowest BCUT2D eigenvalue weighted by Crippen LogP contribution is -2.52. The minimum atomic E-state index is -0.559. The molecule has 9 heteroatoms. The molecule has 5 rings (SSSR count). The van der Waals surface area contributed by atoms with Gasteiger partial charge in [0, 0.05) is 24.7 Å². The number of aliphatic hydroxyl groups is 1. The SMILES string of the molecule is CNc1nc(NCCO)nc2oc(-c3ccc(C4(NC(=O)OC(C)(C)C)CCC4)cc3)c(-c3ccccc3)c12. The lowest BCUT2D eigenvalue weighted by Gasteiger charge is -2.43. The quantitative estimate of drug-likeness (QED) is 0.222. The number of alkyl carbamates (subject to hydrolysis) is 1. The van der Waals surface area contributed by atoms with E-state index in [1.807, 2.05) is 82.4 Å². The Labute approximate surface area is 228 Å². The van der Waals surface area contributed by atoms with Crippen molar-refractivity contribution in [2.45, 2.75) is 51.2 Å². The number of amides is 1. The molecule has 204 valence electrons. The van der Waals surface area contributed by atoms with E-state index >= 15 is 0 Å². The molecule has 0 radical (unpaired) electrons. The highest BCUT2D eigenvalue weighted by atomic mass is 16.6. The minimum absolute atomic E-state index is 0.0361. The molecule has 0 spiro atoms. The van der Waals surface area contributed by atoms with Crippen LogP contribution < -0.4 is 16.0 Å². The molecule has 1 saturated carbocycles. The summed E-state index contributed by atoms with van der Waals surface area (Å²) in [4.78, 5) is 21.8. The highest BCUT2D eigenvalue weighted by Crippen LogP contribution is 2.45. The number of nitrogens with zero attached hydrogens (tertiary/aromatic N) is 2. The number of fused-ring (bicyclic) bond motifs is 1. The Morgan fingerprint density at radius 3 is 2.36 bits per heavy atom. The Kier molecular flexibility index (Phi) is 7.18. The molecule has 2 aromatic heterocycles. The third-order valence-electron chi connectivity index (χ3n) is 6.89. The largest absolute Gasteiger partial charge is 0.444 e. The summed E-state index contributed by atoms with van der Waals surface area (Å²) in [6, 6.07) is 18.2. The van der Waals surface area contributed by atoms with Gasteiger partial charge in [-0.25, -0.2) is 4.79 Å². The number of benzene rings is 2. The van der Waals surface area contributed by atoms with E-state index in [-0.39, 0.29) is 6.61 Å². The molecule has 0 atom stereocenters. The maximum Gasteiger partial charge on any atom is 0.408 e. The van der Waals surface area contributed by atoms with Crippen LogP contribution in [0.25, 0.3) is 33.6 Å². The molecule has 1 amide bonds. The van der Waals surface area contributed by atoms with Gasteiger partial charge in [0.15, 0.2) is 0 Å². The van der Waals surface area contributed by atoms with Crippen molar-refractivity contribution in [1.82, 2.24) is 15.3 Å². The Morgan fingerprint density at radius 1 is 1.05 bits per heavy atom. The first-order chi connectivity index (χ1) is 18.7. The fraction of sp³-hybridized carbons (Fsp3) is 0.367. The second kappa shape index (κ2) is 10.6. The van der Waals surface area contributed by atoms with Gasteiger partial charge in [0.05, 0.1) is 17.5 Å². The van der Waals surface area contributed by atoms with E-state index in [9.17, 15) is 9.90 Å². The molecule has 9 nitrogen and oxygen atoms in total. The maximum absolute atomic E-state index is 12.6. The lowest BCUT2D eigenvalue weighted by molar-refractivity contribution is 0.0377. The van der Waals surface area contributed by atoms with Gasteiger partial charge in [-0.1, -0.05) is 54.6 Å². The summed E-state index contributed by atoms with van der Waals surface area (Å²) >= 11 is 0. The van der Waals surface area contributed by atoms with Crippen molar-refractivity contribution in [2.75, 3.05) is 30.8 Å². The van der Waals surface area contributed by atoms with Gasteiger partial charge in [-0.05, 0) is 51.2 Å². The number of carbonyl (C=O) groups is 1. The number of ether oxygens (including phenoxy) is 1. The van der Waals surface area contributed by atoms with Crippen LogP contribution in [0.4, 0.5) is 16.6 Å².